The molecule has 1 saturated heterocycles. The SMILES string of the molecule is C[C@H](NC(=O)O)[C@H](Nc1nc(Nc2cnc(N3CCOCC3)c(F)c2)c(C(N)=O)cc1F)c1cccs1. The molecule has 1 fully saturated rings. The fourth-order valence-corrected chi connectivity index (χ4v) is 4.73. The standard InChI is InChI=1S/C23H25F2N7O4S/c1-12(28-23(34)35)18(17-3-2-8-37-17)30-21-15(24)10-14(19(26)33)20(31-21)29-13-9-16(25)22(27-11-13)32-4-6-36-7-5-32/h2-3,8-12,18,28H,4-7H2,1H3,(H2,26,33)(H,34,35)(H2,29,30,31)/t12-,18-/m0/s1. The summed E-state index contributed by atoms with van der Waals surface area (Å²) in [5.74, 6) is -2.65. The van der Waals surface area contributed by atoms with Gasteiger partial charge in [-0.15, -0.1) is 11.3 Å². The first-order valence-corrected chi connectivity index (χ1v) is 12.2. The smallest absolute Gasteiger partial charge is 0.404 e. The van der Waals surface area contributed by atoms with E-state index in [1.807, 2.05) is 0 Å². The van der Waals surface area contributed by atoms with Gasteiger partial charge < -0.3 is 36.4 Å². The van der Waals surface area contributed by atoms with Crippen molar-refractivity contribution in [3.8, 4) is 0 Å². The van der Waals surface area contributed by atoms with Crippen LogP contribution in [0.15, 0.2) is 35.8 Å². The van der Waals surface area contributed by atoms with Gasteiger partial charge in [0.1, 0.15) is 5.82 Å². The molecule has 0 aromatic carbocycles. The second-order valence-corrected chi connectivity index (χ2v) is 9.19. The van der Waals surface area contributed by atoms with Gasteiger partial charge in [-0.2, -0.15) is 0 Å². The Morgan fingerprint density at radius 1 is 1.22 bits per heavy atom. The van der Waals surface area contributed by atoms with Crippen molar-refractivity contribution in [2.75, 3.05) is 41.8 Å². The quantitative estimate of drug-likeness (QED) is 0.279. The van der Waals surface area contributed by atoms with Crippen molar-refractivity contribution in [3.63, 3.8) is 0 Å². The zero-order valence-corrected chi connectivity index (χ0v) is 20.5. The Hall–Kier alpha value is -4.04. The third-order valence-corrected chi connectivity index (χ3v) is 6.59. The van der Waals surface area contributed by atoms with Crippen molar-refractivity contribution >= 4 is 46.5 Å². The van der Waals surface area contributed by atoms with Crippen LogP contribution >= 0.6 is 11.3 Å². The lowest BCUT2D eigenvalue weighted by molar-refractivity contribution is 0.1000. The minimum atomic E-state index is -1.24. The largest absolute Gasteiger partial charge is 0.465 e. The number of primary amides is 1. The first kappa shape index (κ1) is 26.0. The molecule has 0 aliphatic carbocycles. The third kappa shape index (κ3) is 6.21. The molecule has 4 rings (SSSR count). The van der Waals surface area contributed by atoms with Gasteiger partial charge in [0.05, 0.1) is 42.7 Å². The number of pyridine rings is 2. The number of anilines is 4. The number of carbonyl (C=O) groups is 2. The highest BCUT2D eigenvalue weighted by Gasteiger charge is 2.25. The van der Waals surface area contributed by atoms with Gasteiger partial charge in [-0.25, -0.2) is 23.5 Å². The van der Waals surface area contributed by atoms with Crippen LogP contribution in [0.5, 0.6) is 0 Å². The zero-order valence-electron chi connectivity index (χ0n) is 19.7. The molecule has 3 aromatic heterocycles. The van der Waals surface area contributed by atoms with E-state index in [1.54, 1.807) is 29.3 Å². The fraction of sp³-hybridized carbons (Fsp3) is 0.304. The Kier molecular flexibility index (Phi) is 7.98. The Balaban J connectivity index is 1.64. The summed E-state index contributed by atoms with van der Waals surface area (Å²) in [4.78, 5) is 34.1. The van der Waals surface area contributed by atoms with Crippen LogP contribution in [0.1, 0.15) is 28.2 Å². The number of aromatic nitrogens is 2. The van der Waals surface area contributed by atoms with E-state index in [4.69, 9.17) is 15.6 Å². The minimum Gasteiger partial charge on any atom is -0.465 e. The van der Waals surface area contributed by atoms with Crippen molar-refractivity contribution in [2.45, 2.75) is 19.0 Å². The van der Waals surface area contributed by atoms with Gasteiger partial charge in [0.25, 0.3) is 5.91 Å². The van der Waals surface area contributed by atoms with Gasteiger partial charge in [0.15, 0.2) is 23.3 Å². The van der Waals surface area contributed by atoms with Crippen LogP contribution < -0.4 is 26.6 Å². The maximum Gasteiger partial charge on any atom is 0.404 e. The fourth-order valence-electron chi connectivity index (χ4n) is 3.85. The van der Waals surface area contributed by atoms with Crippen molar-refractivity contribution in [1.29, 1.82) is 0 Å². The summed E-state index contributed by atoms with van der Waals surface area (Å²) in [5, 5.41) is 19.0. The van der Waals surface area contributed by atoms with E-state index in [0.29, 0.717) is 26.3 Å². The predicted molar refractivity (Wildman–Crippen MR) is 135 cm³/mol. The topological polar surface area (TPSA) is 155 Å². The Morgan fingerprint density at radius 3 is 2.59 bits per heavy atom. The molecule has 0 saturated carbocycles. The van der Waals surface area contributed by atoms with Crippen LogP contribution in [0, 0.1) is 11.6 Å². The molecule has 37 heavy (non-hydrogen) atoms. The molecule has 6 N–H and O–H groups in total. The molecule has 196 valence electrons. The van der Waals surface area contributed by atoms with Crippen molar-refractivity contribution < 1.29 is 28.2 Å². The number of halogens is 2. The average molecular weight is 534 g/mol. The predicted octanol–water partition coefficient (Wildman–Crippen LogP) is 3.30. The first-order valence-electron chi connectivity index (χ1n) is 11.3. The maximum atomic E-state index is 15.0. The van der Waals surface area contributed by atoms with Crippen LogP contribution in [0.4, 0.5) is 36.7 Å². The lowest BCUT2D eigenvalue weighted by Gasteiger charge is -2.28. The number of carbonyl (C=O) groups excluding carboxylic acids is 1. The Labute approximate surface area is 214 Å². The van der Waals surface area contributed by atoms with E-state index in [1.165, 1.54) is 23.6 Å². The van der Waals surface area contributed by atoms with Gasteiger partial charge in [-0.3, -0.25) is 4.79 Å². The average Bonchev–Trinajstić information content (AvgIpc) is 3.38. The molecule has 0 radical (unpaired) electrons. The van der Waals surface area contributed by atoms with Crippen LogP contribution in [-0.4, -0.2) is 59.4 Å². The summed E-state index contributed by atoms with van der Waals surface area (Å²) in [6.45, 7) is 3.54. The lowest BCUT2D eigenvalue weighted by atomic mass is 10.1. The van der Waals surface area contributed by atoms with E-state index in [-0.39, 0.29) is 28.7 Å². The van der Waals surface area contributed by atoms with Crippen LogP contribution in [0.3, 0.4) is 0 Å². The van der Waals surface area contributed by atoms with Gasteiger partial charge in [0.2, 0.25) is 0 Å². The van der Waals surface area contributed by atoms with Crippen molar-refractivity contribution in [1.82, 2.24) is 15.3 Å². The number of hydrogen-bond acceptors (Lipinski definition) is 9. The summed E-state index contributed by atoms with van der Waals surface area (Å²) in [5.41, 5.74) is 5.34. The van der Waals surface area contributed by atoms with E-state index in [0.717, 1.165) is 10.9 Å². The first-order chi connectivity index (χ1) is 17.7. The molecule has 14 heteroatoms. The molecule has 2 atom stereocenters. The number of nitrogens with two attached hydrogens (primary N) is 1. The molecule has 0 unspecified atom stereocenters. The van der Waals surface area contributed by atoms with Gasteiger partial charge in [-0.05, 0) is 24.4 Å². The number of rotatable bonds is 9. The number of nitrogens with one attached hydrogen (secondary N) is 3. The van der Waals surface area contributed by atoms with Crippen molar-refractivity contribution in [2.24, 2.45) is 5.73 Å². The molecule has 1 aliphatic rings. The number of hydrogen-bond donors (Lipinski definition) is 5. The lowest BCUT2D eigenvalue weighted by Crippen LogP contribution is -2.39. The van der Waals surface area contributed by atoms with Gasteiger partial charge >= 0.3 is 6.09 Å². The van der Waals surface area contributed by atoms with Gasteiger partial charge in [-0.1, -0.05) is 6.07 Å². The summed E-state index contributed by atoms with van der Waals surface area (Å²) in [6, 6.07) is 4.28. The van der Waals surface area contributed by atoms with Crippen molar-refractivity contribution in [3.05, 3.63) is 57.9 Å². The number of thiophene rings is 1. The summed E-state index contributed by atoms with van der Waals surface area (Å²) in [6.07, 6.45) is 0.121. The third-order valence-electron chi connectivity index (χ3n) is 5.63. The molecule has 2 amide bonds. The van der Waals surface area contributed by atoms with E-state index in [9.17, 15) is 18.4 Å². The molecular formula is C23H25F2N7O4S. The summed E-state index contributed by atoms with van der Waals surface area (Å²) < 4.78 is 35.1. The van der Waals surface area contributed by atoms with Crippen LogP contribution in [-0.2, 0) is 4.74 Å². The maximum absolute atomic E-state index is 15.0. The second-order valence-electron chi connectivity index (χ2n) is 8.21. The van der Waals surface area contributed by atoms with E-state index in [2.05, 4.69) is 25.9 Å². The second kappa shape index (κ2) is 11.3. The highest BCUT2D eigenvalue weighted by molar-refractivity contribution is 7.10. The highest BCUT2D eigenvalue weighted by Crippen LogP contribution is 2.30. The van der Waals surface area contributed by atoms with Gasteiger partial charge in [0, 0.05) is 24.0 Å². The number of nitrogens with zero attached hydrogens (tertiary/aromatic N) is 3. The number of morpholine rings is 1. The summed E-state index contributed by atoms with van der Waals surface area (Å²) >= 11 is 1.34. The molecule has 0 bridgehead atoms. The molecule has 0 spiro atoms. The summed E-state index contributed by atoms with van der Waals surface area (Å²) in [7, 11) is 0. The van der Waals surface area contributed by atoms with E-state index < -0.39 is 35.7 Å². The molecule has 1 aliphatic heterocycles. The minimum absolute atomic E-state index is 0.125. The molecule has 11 nitrogen and oxygen atoms in total. The Morgan fingerprint density at radius 2 is 1.97 bits per heavy atom. The number of ether oxygens (including phenoxy) is 1. The number of carboxylic acid groups (broad SMARTS) is 1. The molecule has 4 heterocycles. The van der Waals surface area contributed by atoms with Crippen LogP contribution in [0.2, 0.25) is 0 Å². The van der Waals surface area contributed by atoms with E-state index >= 15 is 0 Å². The molecule has 3 aromatic rings. The Bertz CT molecular complexity index is 1270. The zero-order chi connectivity index (χ0) is 26.5. The normalized spacial score (nSPS) is 15.1. The highest BCUT2D eigenvalue weighted by atomic mass is 32.1. The monoisotopic (exact) mass is 533 g/mol. The van der Waals surface area contributed by atoms with Crippen LogP contribution in [0.25, 0.3) is 0 Å². The number of amides is 2. The molecular weight excluding hydrogens is 508 g/mol.